The van der Waals surface area contributed by atoms with E-state index in [0.29, 0.717) is 46.7 Å². The number of nitriles is 1. The molecule has 4 heterocycles. The van der Waals surface area contributed by atoms with Crippen LogP contribution in [0.25, 0.3) is 16.4 Å². The number of aliphatic imine (C=N–C) groups is 2. The van der Waals surface area contributed by atoms with Crippen LogP contribution in [-0.2, 0) is 16.8 Å². The zero-order valence-electron chi connectivity index (χ0n) is 56.0. The summed E-state index contributed by atoms with van der Waals surface area (Å²) < 4.78 is 210. The van der Waals surface area contributed by atoms with Crippen molar-refractivity contribution in [3.63, 3.8) is 0 Å². The molecule has 0 unspecified atom stereocenters. The summed E-state index contributed by atoms with van der Waals surface area (Å²) in [6.07, 6.45) is -5.09. The Labute approximate surface area is 579 Å². The summed E-state index contributed by atoms with van der Waals surface area (Å²) in [4.78, 5) is 21.3. The fraction of sp³-hybridized carbons (Fsp3) is 0.253. The van der Waals surface area contributed by atoms with Crippen molar-refractivity contribution >= 4 is 29.0 Å². The molecule has 0 N–H and O–H groups in total. The van der Waals surface area contributed by atoms with E-state index < -0.39 is 128 Å². The van der Waals surface area contributed by atoms with Crippen LogP contribution in [0.4, 0.5) is 58.4 Å². The normalized spacial score (nSPS) is 14.0. The Morgan fingerprint density at radius 1 is 0.480 bits per heavy atom. The van der Waals surface area contributed by atoms with E-state index in [1.807, 2.05) is 39.8 Å². The molecule has 25 heteroatoms. The van der Waals surface area contributed by atoms with Gasteiger partial charge in [-0.2, -0.15) is 18.4 Å². The minimum atomic E-state index is -5.09. The predicted molar refractivity (Wildman–Crippen MR) is 347 cm³/mol. The molecule has 100 heavy (non-hydrogen) atoms. The largest absolute Gasteiger partial charge is 2.00 e. The van der Waals surface area contributed by atoms with Crippen molar-refractivity contribution in [1.82, 2.24) is 9.97 Å². The summed E-state index contributed by atoms with van der Waals surface area (Å²) in [5, 5.41) is 10.3. The van der Waals surface area contributed by atoms with E-state index in [9.17, 15) is 53.6 Å². The zero-order chi connectivity index (χ0) is 72.5. The number of aryl methyl sites for hydroxylation is 6. The number of allylic oxidation sites excluding steroid dienone is 2. The molecule has 0 saturated heterocycles. The van der Waals surface area contributed by atoms with E-state index in [1.165, 1.54) is 13.8 Å². The first kappa shape index (κ1) is 75.4. The van der Waals surface area contributed by atoms with Crippen LogP contribution in [0.2, 0.25) is 0 Å². The second-order valence-electron chi connectivity index (χ2n) is 24.5. The molecule has 12 nitrogen and oxygen atoms in total. The molecule has 0 atom stereocenters. The van der Waals surface area contributed by atoms with Crippen molar-refractivity contribution < 1.29 is 97.9 Å². The van der Waals surface area contributed by atoms with Crippen molar-refractivity contribution in [3.8, 4) is 52.3 Å². The first-order valence-corrected chi connectivity index (χ1v) is 30.7. The third kappa shape index (κ3) is 15.9. The number of alkyl halides is 3. The van der Waals surface area contributed by atoms with E-state index in [0.717, 1.165) is 70.8 Å². The molecule has 2 aromatic heterocycles. The Bertz CT molecular complexity index is 4800. The number of rotatable bonds is 16. The van der Waals surface area contributed by atoms with Crippen LogP contribution in [-0.4, -0.2) is 18.0 Å². The van der Waals surface area contributed by atoms with E-state index >= 15 is 4.39 Å². The number of benzene rings is 6. The van der Waals surface area contributed by atoms with E-state index in [4.69, 9.17) is 35.0 Å². The van der Waals surface area contributed by atoms with Crippen molar-refractivity contribution in [3.05, 3.63) is 250 Å². The zero-order valence-corrected chi connectivity index (χ0v) is 57.1. The molecule has 0 spiro atoms. The molecule has 2 aliphatic heterocycles. The first-order chi connectivity index (χ1) is 46.6. The molecule has 6 aromatic carbocycles. The minimum absolute atomic E-state index is 0. The van der Waals surface area contributed by atoms with Crippen LogP contribution in [0.1, 0.15) is 123 Å². The standard InChI is InChI=1S/C38H31F7N3O3.C37H31F5N3O3.Co/c1-17(2)28-30(38(43,44)45)36(49-26-11-9-22(39)15-24(26)41)47-31(28)35(51-34-20(6)13-19(5)14-21(34)7)32-29(18(3)4)33(46-8)37(48-32)50-27-12-10-23(40)16-25(27)42;1-17(2)29-24(16-43)36(46-27-10-8-22(38)14-25(27)40)44-32(29)35(48-34-20(6)12-19(5)13-21(34)7)33-30(18(3)4)31(42)37(45-33)47-28-11-9-23(39)15-26(28)41;/h9-18H,1-7H3;8-15,17-18H,1-7H3;/q2*-1;+2/b35-31+;35-32+;. The van der Waals surface area contributed by atoms with E-state index in [2.05, 4.69) is 30.9 Å². The summed E-state index contributed by atoms with van der Waals surface area (Å²) >= 11 is 0. The number of hydrogen-bond donors (Lipinski definition) is 0. The molecule has 0 bridgehead atoms. The third-order valence-corrected chi connectivity index (χ3v) is 15.4. The Kier molecular flexibility index (Phi) is 22.9. The summed E-state index contributed by atoms with van der Waals surface area (Å²) in [6, 6.07) is 19.4. The van der Waals surface area contributed by atoms with Gasteiger partial charge in [0, 0.05) is 41.3 Å². The fourth-order valence-electron chi connectivity index (χ4n) is 11.4. The molecule has 2 aliphatic rings. The van der Waals surface area contributed by atoms with Crippen molar-refractivity contribution in [2.75, 3.05) is 0 Å². The maximum absolute atomic E-state index is 16.2. The van der Waals surface area contributed by atoms with Gasteiger partial charge in [-0.1, -0.05) is 102 Å². The number of nitrogens with zero attached hydrogens (tertiary/aromatic N) is 6. The molecule has 10 rings (SSSR count). The Morgan fingerprint density at radius 3 is 1.19 bits per heavy atom. The Balaban J connectivity index is 0.000000252. The SMILES string of the molecule is Cc1cc(C)c(O/C(=C2/N=C(Oc3ccc(F)cc3F)C(C#N)=C2C(C)C)c2[n-]c(Oc3ccc(F)cc3F)c(F)c2C(C)C)c(C)c1.[C-]#[N+]c1c(Oc2ccc(F)cc2F)[n-]c(/C(Oc2c(C)cc(C)cc2C)=C2\N=C(Oc3ccc(F)cc3F)C(C(F)(F)F)=C2C(C)C)c1C(C)C.[Co+2]. The smallest absolute Gasteiger partial charge is 0.635 e. The molecule has 521 valence electrons. The average Bonchev–Trinajstić information content (AvgIpc) is 1.59. The summed E-state index contributed by atoms with van der Waals surface area (Å²) in [5.41, 5.74) is 2.58. The third-order valence-electron chi connectivity index (χ3n) is 15.4. The second kappa shape index (κ2) is 30.4. The quantitative estimate of drug-likeness (QED) is 0.0526. The van der Waals surface area contributed by atoms with Crippen LogP contribution in [0, 0.1) is 124 Å². The molecule has 0 saturated carbocycles. The van der Waals surface area contributed by atoms with Crippen molar-refractivity contribution in [2.24, 2.45) is 21.8 Å². The number of aromatic nitrogens is 2. The number of hydrogen-bond acceptors (Lipinski definition) is 9. The van der Waals surface area contributed by atoms with Gasteiger partial charge in [0.05, 0.1) is 12.5 Å². The molecular weight excluding hydrogens is 1370 g/mol. The Hall–Kier alpha value is -10.4. The topological polar surface area (TPSA) is 136 Å². The predicted octanol–water partition coefficient (Wildman–Crippen LogP) is 21.2. The minimum Gasteiger partial charge on any atom is -0.635 e. The van der Waals surface area contributed by atoms with E-state index in [1.54, 1.807) is 67.5 Å². The molecule has 1 radical (unpaired) electrons. The van der Waals surface area contributed by atoms with Crippen molar-refractivity contribution in [2.45, 2.75) is 115 Å². The molecule has 8 aromatic rings. The van der Waals surface area contributed by atoms with Gasteiger partial charge in [0.15, 0.2) is 46.3 Å². The molecular formula is C75H62CoF12N6O6. The van der Waals surface area contributed by atoms with Gasteiger partial charge in [-0.05, 0) is 147 Å². The maximum Gasteiger partial charge on any atom is 2.00 e. The average molecular weight is 1430 g/mol. The van der Waals surface area contributed by atoms with Crippen LogP contribution >= 0.6 is 0 Å². The number of halogens is 12. The van der Waals surface area contributed by atoms with Crippen molar-refractivity contribution in [1.29, 1.82) is 5.26 Å². The molecule has 0 amide bonds. The first-order valence-electron chi connectivity index (χ1n) is 30.7. The van der Waals surface area contributed by atoms with Crippen LogP contribution < -0.4 is 38.4 Å². The molecule has 0 fully saturated rings. The van der Waals surface area contributed by atoms with Gasteiger partial charge in [0.2, 0.25) is 17.5 Å². The fourth-order valence-corrected chi connectivity index (χ4v) is 11.4. The monoisotopic (exact) mass is 1430 g/mol. The Morgan fingerprint density at radius 2 is 0.830 bits per heavy atom. The van der Waals surface area contributed by atoms with Crippen LogP contribution in [0.3, 0.4) is 0 Å². The van der Waals surface area contributed by atoms with Gasteiger partial charge < -0.3 is 38.4 Å². The summed E-state index contributed by atoms with van der Waals surface area (Å²) in [6.45, 7) is 32.3. The summed E-state index contributed by atoms with van der Waals surface area (Å²) in [5.74, 6) is -15.3. The van der Waals surface area contributed by atoms with E-state index in [-0.39, 0.29) is 90.9 Å². The van der Waals surface area contributed by atoms with Gasteiger partial charge >= 0.3 is 23.0 Å². The van der Waals surface area contributed by atoms with Crippen LogP contribution in [0.15, 0.2) is 141 Å². The van der Waals surface area contributed by atoms with Gasteiger partial charge in [0.1, 0.15) is 80.7 Å². The van der Waals surface area contributed by atoms with Gasteiger partial charge in [-0.15, -0.1) is 0 Å². The van der Waals surface area contributed by atoms with Gasteiger partial charge in [-0.25, -0.2) is 54.3 Å². The van der Waals surface area contributed by atoms with Crippen LogP contribution in [0.5, 0.6) is 46.3 Å². The second-order valence-corrected chi connectivity index (χ2v) is 24.5. The number of ether oxygens (including phenoxy) is 6. The summed E-state index contributed by atoms with van der Waals surface area (Å²) in [7, 11) is 0. The van der Waals surface area contributed by atoms with Gasteiger partial charge in [0.25, 0.3) is 0 Å². The van der Waals surface area contributed by atoms with Gasteiger partial charge in [-0.3, -0.25) is 0 Å². The maximum atomic E-state index is 16.2. The molecule has 0 aliphatic carbocycles.